The summed E-state index contributed by atoms with van der Waals surface area (Å²) in [6.45, 7) is 4.58. The summed E-state index contributed by atoms with van der Waals surface area (Å²) in [4.78, 5) is 25.1. The molecule has 1 saturated heterocycles. The number of nitrogens with one attached hydrogen (secondary N) is 1. The van der Waals surface area contributed by atoms with E-state index >= 15 is 0 Å². The van der Waals surface area contributed by atoms with Crippen LogP contribution >= 0.6 is 12.2 Å². The van der Waals surface area contributed by atoms with Crippen LogP contribution < -0.4 is 5.32 Å². The lowest BCUT2D eigenvalue weighted by Crippen LogP contribution is -2.33. The lowest BCUT2D eigenvalue weighted by atomic mass is 10.1. The fraction of sp³-hybridized carbons (Fsp3) is 0.211. The molecule has 1 aromatic carbocycles. The van der Waals surface area contributed by atoms with Gasteiger partial charge in [-0.1, -0.05) is 26.0 Å². The summed E-state index contributed by atoms with van der Waals surface area (Å²) in [5.74, 6) is 0.113. The standard InChI is InChI=1S/C19H18N2O4S/c1-11(2)10-21-17(22)15(20-19(21)26)9-14-6-7-16(25-14)12-4-3-5-13(8-12)18(23)24/h3-9,11H,10H2,1-2H3,(H,20,26)(H,23,24). The average Bonchev–Trinajstić information content (AvgIpc) is 3.15. The Morgan fingerprint density at radius 1 is 1.35 bits per heavy atom. The summed E-state index contributed by atoms with van der Waals surface area (Å²) in [5, 5.41) is 12.4. The van der Waals surface area contributed by atoms with Gasteiger partial charge in [0.1, 0.15) is 17.2 Å². The Balaban J connectivity index is 1.84. The van der Waals surface area contributed by atoms with Crippen LogP contribution in [0.4, 0.5) is 0 Å². The van der Waals surface area contributed by atoms with Gasteiger partial charge in [-0.05, 0) is 42.4 Å². The Hall–Kier alpha value is -2.93. The zero-order valence-electron chi connectivity index (χ0n) is 14.4. The van der Waals surface area contributed by atoms with Gasteiger partial charge in [0, 0.05) is 18.2 Å². The summed E-state index contributed by atoms with van der Waals surface area (Å²) < 4.78 is 5.74. The topological polar surface area (TPSA) is 82.8 Å². The van der Waals surface area contributed by atoms with E-state index in [0.29, 0.717) is 40.4 Å². The van der Waals surface area contributed by atoms with Gasteiger partial charge in [-0.25, -0.2) is 4.79 Å². The first-order valence-corrected chi connectivity index (χ1v) is 8.54. The Morgan fingerprint density at radius 3 is 2.81 bits per heavy atom. The van der Waals surface area contributed by atoms with E-state index in [0.717, 1.165) is 0 Å². The van der Waals surface area contributed by atoms with Crippen LogP contribution in [0.3, 0.4) is 0 Å². The number of furan rings is 1. The van der Waals surface area contributed by atoms with E-state index in [4.69, 9.17) is 21.7 Å². The summed E-state index contributed by atoms with van der Waals surface area (Å²) in [7, 11) is 0. The fourth-order valence-corrected chi connectivity index (χ4v) is 2.90. The van der Waals surface area contributed by atoms with Crippen LogP contribution in [0.1, 0.15) is 30.0 Å². The predicted molar refractivity (Wildman–Crippen MR) is 101 cm³/mol. The number of benzene rings is 1. The average molecular weight is 370 g/mol. The third kappa shape index (κ3) is 3.67. The zero-order chi connectivity index (χ0) is 18.8. The Morgan fingerprint density at radius 2 is 2.12 bits per heavy atom. The molecule has 1 aromatic heterocycles. The number of aromatic carboxylic acids is 1. The summed E-state index contributed by atoms with van der Waals surface area (Å²) in [5.41, 5.74) is 1.19. The van der Waals surface area contributed by atoms with E-state index in [-0.39, 0.29) is 11.5 Å². The molecular formula is C19H18N2O4S. The third-order valence-corrected chi connectivity index (χ3v) is 4.14. The van der Waals surface area contributed by atoms with Gasteiger partial charge in [-0.15, -0.1) is 0 Å². The largest absolute Gasteiger partial charge is 0.478 e. The number of hydrogen-bond donors (Lipinski definition) is 2. The summed E-state index contributed by atoms with van der Waals surface area (Å²) in [6, 6.07) is 9.93. The smallest absolute Gasteiger partial charge is 0.335 e. The van der Waals surface area contributed by atoms with Crippen molar-refractivity contribution in [2.24, 2.45) is 5.92 Å². The second-order valence-corrected chi connectivity index (χ2v) is 6.77. The molecule has 0 aliphatic carbocycles. The van der Waals surface area contributed by atoms with Crippen LogP contribution in [0.15, 0.2) is 46.5 Å². The van der Waals surface area contributed by atoms with Crippen molar-refractivity contribution >= 4 is 35.3 Å². The van der Waals surface area contributed by atoms with E-state index in [1.54, 1.807) is 30.3 Å². The minimum Gasteiger partial charge on any atom is -0.478 e. The molecule has 0 unspecified atom stereocenters. The number of rotatable bonds is 5. The number of hydrogen-bond acceptors (Lipinski definition) is 4. The number of thiocarbonyl (C=S) groups is 1. The monoisotopic (exact) mass is 370 g/mol. The highest BCUT2D eigenvalue weighted by Crippen LogP contribution is 2.25. The van der Waals surface area contributed by atoms with Crippen LogP contribution in [-0.4, -0.2) is 33.5 Å². The first-order valence-electron chi connectivity index (χ1n) is 8.13. The SMILES string of the molecule is CC(C)CN1C(=O)C(=Cc2ccc(-c3cccc(C(=O)O)c3)o2)NC1=S. The first-order chi connectivity index (χ1) is 12.3. The molecular weight excluding hydrogens is 352 g/mol. The molecule has 1 fully saturated rings. The molecule has 0 saturated carbocycles. The summed E-state index contributed by atoms with van der Waals surface area (Å²) >= 11 is 5.22. The number of carbonyl (C=O) groups excluding carboxylic acids is 1. The maximum atomic E-state index is 12.5. The van der Waals surface area contributed by atoms with Crippen molar-refractivity contribution in [3.8, 4) is 11.3 Å². The molecule has 3 rings (SSSR count). The van der Waals surface area contributed by atoms with Crippen molar-refractivity contribution in [1.82, 2.24) is 10.2 Å². The van der Waals surface area contributed by atoms with Gasteiger partial charge >= 0.3 is 5.97 Å². The van der Waals surface area contributed by atoms with Crippen LogP contribution in [-0.2, 0) is 4.79 Å². The maximum absolute atomic E-state index is 12.5. The van der Waals surface area contributed by atoms with E-state index < -0.39 is 5.97 Å². The number of carbonyl (C=O) groups is 2. The minimum atomic E-state index is -1.000. The molecule has 2 N–H and O–H groups in total. The van der Waals surface area contributed by atoms with Crippen molar-refractivity contribution in [3.63, 3.8) is 0 Å². The van der Waals surface area contributed by atoms with Crippen molar-refractivity contribution in [1.29, 1.82) is 0 Å². The molecule has 0 radical (unpaired) electrons. The second-order valence-electron chi connectivity index (χ2n) is 6.39. The molecule has 1 aliphatic rings. The van der Waals surface area contributed by atoms with Crippen LogP contribution in [0.5, 0.6) is 0 Å². The van der Waals surface area contributed by atoms with Gasteiger partial charge in [-0.3, -0.25) is 9.69 Å². The Labute approximate surface area is 156 Å². The molecule has 0 spiro atoms. The molecule has 0 bridgehead atoms. The van der Waals surface area contributed by atoms with Gasteiger partial charge in [0.05, 0.1) is 5.56 Å². The van der Waals surface area contributed by atoms with Crippen molar-refractivity contribution in [3.05, 3.63) is 53.4 Å². The number of nitrogens with zero attached hydrogens (tertiary/aromatic N) is 1. The predicted octanol–water partition coefficient (Wildman–Crippen LogP) is 3.36. The van der Waals surface area contributed by atoms with Crippen LogP contribution in [0.2, 0.25) is 0 Å². The van der Waals surface area contributed by atoms with E-state index in [9.17, 15) is 9.59 Å². The fourth-order valence-electron chi connectivity index (χ4n) is 2.64. The van der Waals surface area contributed by atoms with Gasteiger partial charge in [0.25, 0.3) is 5.91 Å². The molecule has 134 valence electrons. The molecule has 26 heavy (non-hydrogen) atoms. The van der Waals surface area contributed by atoms with Gasteiger partial charge < -0.3 is 14.8 Å². The number of amides is 1. The van der Waals surface area contributed by atoms with E-state index in [1.807, 2.05) is 13.8 Å². The third-order valence-electron chi connectivity index (χ3n) is 3.82. The first kappa shape index (κ1) is 17.9. The molecule has 2 heterocycles. The minimum absolute atomic E-state index is 0.182. The number of carboxylic acid groups (broad SMARTS) is 1. The summed E-state index contributed by atoms with van der Waals surface area (Å²) in [6.07, 6.45) is 1.60. The maximum Gasteiger partial charge on any atom is 0.335 e. The van der Waals surface area contributed by atoms with Gasteiger partial charge in [0.15, 0.2) is 5.11 Å². The quantitative estimate of drug-likeness (QED) is 0.620. The normalized spacial score (nSPS) is 15.8. The van der Waals surface area contributed by atoms with E-state index in [2.05, 4.69) is 5.32 Å². The Kier molecular flexibility index (Phi) is 4.90. The highest BCUT2D eigenvalue weighted by atomic mass is 32.1. The molecule has 7 heteroatoms. The Bertz CT molecular complexity index is 914. The van der Waals surface area contributed by atoms with Crippen LogP contribution in [0, 0.1) is 5.92 Å². The van der Waals surface area contributed by atoms with Gasteiger partial charge in [-0.2, -0.15) is 0 Å². The second kappa shape index (κ2) is 7.13. The molecule has 6 nitrogen and oxygen atoms in total. The molecule has 1 aliphatic heterocycles. The van der Waals surface area contributed by atoms with Gasteiger partial charge in [0.2, 0.25) is 0 Å². The van der Waals surface area contributed by atoms with Crippen molar-refractivity contribution < 1.29 is 19.1 Å². The van der Waals surface area contributed by atoms with Crippen LogP contribution in [0.25, 0.3) is 17.4 Å². The molecule has 2 aromatic rings. The zero-order valence-corrected chi connectivity index (χ0v) is 15.2. The van der Waals surface area contributed by atoms with Crippen molar-refractivity contribution in [2.75, 3.05) is 6.54 Å². The highest BCUT2D eigenvalue weighted by Gasteiger charge is 2.31. The lowest BCUT2D eigenvalue weighted by molar-refractivity contribution is -0.122. The lowest BCUT2D eigenvalue weighted by Gasteiger charge is -2.15. The van der Waals surface area contributed by atoms with Crippen molar-refractivity contribution in [2.45, 2.75) is 13.8 Å². The molecule has 1 amide bonds. The number of carboxylic acids is 1. The molecule has 0 atom stereocenters. The highest BCUT2D eigenvalue weighted by molar-refractivity contribution is 7.80. The van der Waals surface area contributed by atoms with E-state index in [1.165, 1.54) is 17.0 Å².